The number of carbonyl (C=O) groups excluding carboxylic acids is 1. The summed E-state index contributed by atoms with van der Waals surface area (Å²) in [6, 6.07) is 6.07. The first-order chi connectivity index (χ1) is 12.8. The number of hydrogen-bond donors (Lipinski definition) is 3. The highest BCUT2D eigenvalue weighted by Gasteiger charge is 2.27. The number of fused-ring (bicyclic) bond motifs is 1. The Bertz CT molecular complexity index is 930. The number of thiocarbonyl (C=S) groups is 1. The molecule has 1 amide bonds. The largest absolute Gasteiger partial charge is 0.451 e. The fourth-order valence-electron chi connectivity index (χ4n) is 3.41. The van der Waals surface area contributed by atoms with Crippen LogP contribution in [0.1, 0.15) is 43.7 Å². The Morgan fingerprint density at radius 3 is 2.78 bits per heavy atom. The van der Waals surface area contributed by atoms with E-state index in [0.717, 1.165) is 18.9 Å². The lowest BCUT2D eigenvalue weighted by atomic mass is 9.78. The van der Waals surface area contributed by atoms with E-state index in [1.54, 1.807) is 12.1 Å². The highest BCUT2D eigenvalue weighted by atomic mass is 35.5. The predicted molar refractivity (Wildman–Crippen MR) is 110 cm³/mol. The van der Waals surface area contributed by atoms with Crippen LogP contribution in [0.25, 0.3) is 11.0 Å². The van der Waals surface area contributed by atoms with Gasteiger partial charge in [0.25, 0.3) is 0 Å². The van der Waals surface area contributed by atoms with Gasteiger partial charge in [0.1, 0.15) is 5.58 Å². The van der Waals surface area contributed by atoms with Gasteiger partial charge in [0.15, 0.2) is 16.3 Å². The molecule has 0 bridgehead atoms. The summed E-state index contributed by atoms with van der Waals surface area (Å²) < 4.78 is 5.50. The van der Waals surface area contributed by atoms with Crippen molar-refractivity contribution < 1.29 is 9.21 Å². The van der Waals surface area contributed by atoms with Crippen LogP contribution in [0.3, 0.4) is 0 Å². The monoisotopic (exact) mass is 407 g/mol. The molecule has 1 saturated carbocycles. The van der Waals surface area contributed by atoms with E-state index in [9.17, 15) is 9.59 Å². The van der Waals surface area contributed by atoms with Gasteiger partial charge in [-0.25, -0.2) is 0 Å². The van der Waals surface area contributed by atoms with E-state index in [1.165, 1.54) is 12.5 Å². The molecule has 0 radical (unpaired) electrons. The van der Waals surface area contributed by atoms with E-state index in [4.69, 9.17) is 28.2 Å². The minimum atomic E-state index is -0.585. The lowest BCUT2D eigenvalue weighted by molar-refractivity contribution is 0.0916. The normalized spacial score (nSPS) is 22.3. The molecule has 0 spiro atoms. The van der Waals surface area contributed by atoms with Crippen LogP contribution in [0, 0.1) is 11.8 Å². The van der Waals surface area contributed by atoms with Crippen LogP contribution >= 0.6 is 23.8 Å². The lowest BCUT2D eigenvalue weighted by Crippen LogP contribution is -2.52. The Morgan fingerprint density at radius 1 is 1.22 bits per heavy atom. The molecule has 3 atom stereocenters. The van der Waals surface area contributed by atoms with Gasteiger partial charge in [-0.05, 0) is 48.7 Å². The van der Waals surface area contributed by atoms with Crippen molar-refractivity contribution in [2.45, 2.75) is 39.2 Å². The van der Waals surface area contributed by atoms with Crippen molar-refractivity contribution in [3.63, 3.8) is 0 Å². The third-order valence-electron chi connectivity index (χ3n) is 5.23. The van der Waals surface area contributed by atoms with E-state index in [-0.39, 0.29) is 17.2 Å². The summed E-state index contributed by atoms with van der Waals surface area (Å²) in [6.07, 6.45) is 3.43. The molecule has 0 saturated heterocycles. The van der Waals surface area contributed by atoms with E-state index in [1.807, 2.05) is 0 Å². The zero-order valence-corrected chi connectivity index (χ0v) is 16.7. The first-order valence-corrected chi connectivity index (χ1v) is 9.74. The maximum Gasteiger partial charge on any atom is 0.305 e. The molecule has 3 rings (SSSR count). The van der Waals surface area contributed by atoms with Gasteiger partial charge in [-0.15, -0.1) is 0 Å². The van der Waals surface area contributed by atoms with Gasteiger partial charge < -0.3 is 9.73 Å². The predicted octanol–water partition coefficient (Wildman–Crippen LogP) is 3.38. The molecule has 144 valence electrons. The number of amides is 1. The molecular weight excluding hydrogens is 386 g/mol. The molecule has 2 aromatic rings. The highest BCUT2D eigenvalue weighted by molar-refractivity contribution is 7.80. The van der Waals surface area contributed by atoms with Crippen LogP contribution in [0.2, 0.25) is 5.02 Å². The summed E-state index contributed by atoms with van der Waals surface area (Å²) in [5.41, 5.74) is 5.10. The first-order valence-electron chi connectivity index (χ1n) is 8.95. The molecule has 27 heavy (non-hydrogen) atoms. The molecule has 0 aliphatic heterocycles. The van der Waals surface area contributed by atoms with Crippen LogP contribution in [0.15, 0.2) is 33.5 Å². The molecule has 0 unspecified atom stereocenters. The standard InChI is InChI=1S/C19H22ClN3O3S/c1-10-4-3-5-14(11(10)2)21-19(27)23-22-18(25)17-9-15(24)13-8-12(20)6-7-16(13)26-17/h6-11,14H,3-5H2,1-2H3,(H,22,25)(H2,21,23,27)/t10-,11-,14-/m1/s1. The topological polar surface area (TPSA) is 83.4 Å². The number of hydrogen-bond acceptors (Lipinski definition) is 4. The number of carbonyl (C=O) groups is 1. The van der Waals surface area contributed by atoms with Crippen molar-refractivity contribution in [1.29, 1.82) is 0 Å². The second-order valence-corrected chi connectivity index (χ2v) is 7.89. The van der Waals surface area contributed by atoms with Gasteiger partial charge in [0, 0.05) is 17.1 Å². The smallest absolute Gasteiger partial charge is 0.305 e. The summed E-state index contributed by atoms with van der Waals surface area (Å²) in [7, 11) is 0. The van der Waals surface area contributed by atoms with E-state index in [0.29, 0.717) is 32.9 Å². The zero-order chi connectivity index (χ0) is 19.6. The van der Waals surface area contributed by atoms with Crippen LogP contribution in [-0.4, -0.2) is 17.1 Å². The van der Waals surface area contributed by atoms with Crippen LogP contribution in [0.4, 0.5) is 0 Å². The minimum absolute atomic E-state index is 0.107. The summed E-state index contributed by atoms with van der Waals surface area (Å²) in [4.78, 5) is 24.5. The van der Waals surface area contributed by atoms with Crippen molar-refractivity contribution in [2.24, 2.45) is 11.8 Å². The van der Waals surface area contributed by atoms with Gasteiger partial charge >= 0.3 is 5.91 Å². The van der Waals surface area contributed by atoms with Crippen LogP contribution in [0.5, 0.6) is 0 Å². The zero-order valence-electron chi connectivity index (χ0n) is 15.2. The van der Waals surface area contributed by atoms with Gasteiger partial charge in [0.05, 0.1) is 5.39 Å². The van der Waals surface area contributed by atoms with Gasteiger partial charge in [0.2, 0.25) is 0 Å². The van der Waals surface area contributed by atoms with E-state index in [2.05, 4.69) is 30.0 Å². The van der Waals surface area contributed by atoms with Crippen molar-refractivity contribution in [3.05, 3.63) is 45.3 Å². The summed E-state index contributed by atoms with van der Waals surface area (Å²) in [6.45, 7) is 4.45. The van der Waals surface area contributed by atoms with Crippen molar-refractivity contribution >= 4 is 45.8 Å². The molecule has 1 aliphatic carbocycles. The molecule has 1 aliphatic rings. The van der Waals surface area contributed by atoms with Crippen molar-refractivity contribution in [1.82, 2.24) is 16.2 Å². The fourth-order valence-corrected chi connectivity index (χ4v) is 3.78. The number of benzene rings is 1. The summed E-state index contributed by atoms with van der Waals surface area (Å²) >= 11 is 11.2. The SMILES string of the molecule is C[C@@H]1[C@H](C)CCC[C@H]1NC(=S)NNC(=O)c1cc(=O)c2cc(Cl)ccc2o1. The van der Waals surface area contributed by atoms with Gasteiger partial charge in [-0.2, -0.15) is 0 Å². The quantitative estimate of drug-likeness (QED) is 0.523. The molecule has 1 aromatic heterocycles. The third-order valence-corrected chi connectivity index (χ3v) is 5.68. The van der Waals surface area contributed by atoms with E-state index < -0.39 is 5.91 Å². The number of nitrogens with one attached hydrogen (secondary N) is 3. The maximum atomic E-state index is 12.3. The molecular formula is C19H22ClN3O3S. The highest BCUT2D eigenvalue weighted by Crippen LogP contribution is 2.29. The second kappa shape index (κ2) is 8.27. The fraction of sp³-hybridized carbons (Fsp3) is 0.421. The van der Waals surface area contributed by atoms with Crippen molar-refractivity contribution in [2.75, 3.05) is 0 Å². The minimum Gasteiger partial charge on any atom is -0.451 e. The molecule has 1 aromatic carbocycles. The van der Waals surface area contributed by atoms with Crippen LogP contribution < -0.4 is 21.6 Å². The molecule has 3 N–H and O–H groups in total. The second-order valence-electron chi connectivity index (χ2n) is 7.04. The van der Waals surface area contributed by atoms with Crippen LogP contribution in [-0.2, 0) is 0 Å². The average molecular weight is 408 g/mol. The van der Waals surface area contributed by atoms with Gasteiger partial charge in [-0.1, -0.05) is 38.3 Å². The number of hydrazine groups is 1. The summed E-state index contributed by atoms with van der Waals surface area (Å²) in [5.74, 6) is 0.441. The van der Waals surface area contributed by atoms with Crippen molar-refractivity contribution in [3.8, 4) is 0 Å². The Balaban J connectivity index is 1.62. The number of rotatable bonds is 2. The lowest BCUT2D eigenvalue weighted by Gasteiger charge is -2.35. The average Bonchev–Trinajstić information content (AvgIpc) is 2.64. The van der Waals surface area contributed by atoms with Gasteiger partial charge in [-0.3, -0.25) is 20.4 Å². The Morgan fingerprint density at radius 2 is 2.00 bits per heavy atom. The first kappa shape index (κ1) is 19.6. The number of halogens is 1. The Labute approximate surface area is 167 Å². The summed E-state index contributed by atoms with van der Waals surface area (Å²) in [5, 5.41) is 4.34. The third kappa shape index (κ3) is 4.59. The molecule has 1 heterocycles. The molecule has 1 fully saturated rings. The maximum absolute atomic E-state index is 12.3. The van der Waals surface area contributed by atoms with E-state index >= 15 is 0 Å². The Kier molecular flexibility index (Phi) is 6.01. The Hall–Kier alpha value is -2.12. The molecule has 6 nitrogen and oxygen atoms in total. The molecule has 8 heteroatoms.